The number of morpholine rings is 2. The number of halogens is 1. The molecule has 34 heavy (non-hydrogen) atoms. The molecule has 0 aliphatic carbocycles. The largest absolute Gasteiger partial charge is 0.379 e. The van der Waals surface area contributed by atoms with E-state index in [0.29, 0.717) is 23.4 Å². The molecule has 0 unspecified atom stereocenters. The van der Waals surface area contributed by atoms with Crippen LogP contribution in [0.2, 0.25) is 0 Å². The molecule has 0 bridgehead atoms. The summed E-state index contributed by atoms with van der Waals surface area (Å²) in [4.78, 5) is 21.9. The van der Waals surface area contributed by atoms with E-state index in [9.17, 15) is 4.79 Å². The number of hydrogen-bond acceptors (Lipinski definition) is 9. The first-order chi connectivity index (χ1) is 16.6. The maximum atomic E-state index is 12.8. The maximum Gasteiger partial charge on any atom is 0.262 e. The third-order valence-corrected chi connectivity index (χ3v) is 6.32. The van der Waals surface area contributed by atoms with Gasteiger partial charge in [-0.15, -0.1) is 0 Å². The summed E-state index contributed by atoms with van der Waals surface area (Å²) in [5.41, 5.74) is 5.82. The molecule has 0 radical (unpaired) electrons. The summed E-state index contributed by atoms with van der Waals surface area (Å²) in [6.45, 7) is 10.6. The average molecular weight is 536 g/mol. The first-order valence-electron chi connectivity index (χ1n) is 11.8. The lowest BCUT2D eigenvalue weighted by atomic mass is 10.2. The van der Waals surface area contributed by atoms with Gasteiger partial charge in [0.05, 0.1) is 37.3 Å². The van der Waals surface area contributed by atoms with E-state index < -0.39 is 0 Å². The van der Waals surface area contributed by atoms with Gasteiger partial charge in [0.25, 0.3) is 5.56 Å². The SMILES string of the molecule is N#CNc1nc2ccc(Br)cc2c(=O)n1CCCN1CCOCC1.NCCCN1CCOCC1. The van der Waals surface area contributed by atoms with E-state index in [1.165, 1.54) is 0 Å². The van der Waals surface area contributed by atoms with Crippen LogP contribution in [0.5, 0.6) is 0 Å². The molecule has 0 amide bonds. The number of nitrogens with zero attached hydrogens (tertiary/aromatic N) is 5. The quantitative estimate of drug-likeness (QED) is 0.381. The highest BCUT2D eigenvalue weighted by molar-refractivity contribution is 9.10. The molecule has 0 spiro atoms. The molecule has 186 valence electrons. The van der Waals surface area contributed by atoms with Crippen LogP contribution < -0.4 is 16.6 Å². The van der Waals surface area contributed by atoms with Crippen molar-refractivity contribution < 1.29 is 9.47 Å². The smallest absolute Gasteiger partial charge is 0.262 e. The number of rotatable bonds is 8. The van der Waals surface area contributed by atoms with Crippen molar-refractivity contribution in [1.82, 2.24) is 19.4 Å². The molecule has 2 aliphatic heterocycles. The number of ether oxygens (including phenoxy) is 2. The highest BCUT2D eigenvalue weighted by atomic mass is 79.9. The lowest BCUT2D eigenvalue weighted by Gasteiger charge is -2.26. The summed E-state index contributed by atoms with van der Waals surface area (Å²) in [6, 6.07) is 5.36. The van der Waals surface area contributed by atoms with Gasteiger partial charge in [-0.2, -0.15) is 5.26 Å². The van der Waals surface area contributed by atoms with Crippen LogP contribution >= 0.6 is 15.9 Å². The molecule has 1 aromatic heterocycles. The molecule has 3 N–H and O–H groups in total. The summed E-state index contributed by atoms with van der Waals surface area (Å²) in [5, 5.41) is 12.0. The van der Waals surface area contributed by atoms with Gasteiger partial charge in [0.15, 0.2) is 6.19 Å². The molecule has 4 rings (SSSR count). The van der Waals surface area contributed by atoms with Gasteiger partial charge in [0.1, 0.15) is 0 Å². The number of nitrogens with one attached hydrogen (secondary N) is 1. The van der Waals surface area contributed by atoms with Crippen molar-refractivity contribution in [2.75, 3.05) is 77.6 Å². The topological polar surface area (TPSA) is 122 Å². The van der Waals surface area contributed by atoms with Crippen molar-refractivity contribution >= 4 is 32.8 Å². The summed E-state index contributed by atoms with van der Waals surface area (Å²) >= 11 is 3.38. The van der Waals surface area contributed by atoms with E-state index in [2.05, 4.69) is 36.0 Å². The van der Waals surface area contributed by atoms with Crippen molar-refractivity contribution in [2.45, 2.75) is 19.4 Å². The Morgan fingerprint density at radius 1 is 1.03 bits per heavy atom. The molecule has 10 nitrogen and oxygen atoms in total. The fourth-order valence-electron chi connectivity index (χ4n) is 3.96. The number of benzene rings is 1. The van der Waals surface area contributed by atoms with Gasteiger partial charge in [-0.25, -0.2) is 4.98 Å². The Bertz CT molecular complexity index is 998. The fraction of sp³-hybridized carbons (Fsp3) is 0.609. The van der Waals surface area contributed by atoms with Crippen LogP contribution in [0.3, 0.4) is 0 Å². The first-order valence-corrected chi connectivity index (χ1v) is 12.6. The van der Waals surface area contributed by atoms with Gasteiger partial charge in [0.2, 0.25) is 5.95 Å². The van der Waals surface area contributed by atoms with E-state index in [4.69, 9.17) is 20.5 Å². The minimum Gasteiger partial charge on any atom is -0.379 e. The third kappa shape index (κ3) is 8.01. The zero-order valence-corrected chi connectivity index (χ0v) is 21.1. The summed E-state index contributed by atoms with van der Waals surface area (Å²) in [7, 11) is 0. The molecule has 1 aromatic carbocycles. The van der Waals surface area contributed by atoms with Gasteiger partial charge in [-0.05, 0) is 44.1 Å². The number of anilines is 1. The van der Waals surface area contributed by atoms with Crippen molar-refractivity contribution in [1.29, 1.82) is 5.26 Å². The minimum atomic E-state index is -0.138. The van der Waals surface area contributed by atoms with Crippen molar-refractivity contribution in [3.05, 3.63) is 33.0 Å². The van der Waals surface area contributed by atoms with Gasteiger partial charge >= 0.3 is 0 Å². The lowest BCUT2D eigenvalue weighted by Crippen LogP contribution is -2.37. The summed E-state index contributed by atoms with van der Waals surface area (Å²) in [5.74, 6) is 0.291. The molecule has 11 heteroatoms. The number of hydrogen-bond donors (Lipinski definition) is 2. The van der Waals surface area contributed by atoms with E-state index in [0.717, 1.165) is 89.6 Å². The molecule has 2 fully saturated rings. The Labute approximate surface area is 208 Å². The van der Waals surface area contributed by atoms with Gasteiger partial charge in [0, 0.05) is 43.7 Å². The molecule has 2 aliphatic rings. The second kappa shape index (κ2) is 14.4. The van der Waals surface area contributed by atoms with Crippen molar-refractivity contribution in [3.63, 3.8) is 0 Å². The zero-order valence-electron chi connectivity index (χ0n) is 19.5. The average Bonchev–Trinajstić information content (AvgIpc) is 2.87. The van der Waals surface area contributed by atoms with Crippen LogP contribution in [0, 0.1) is 11.5 Å². The molecule has 2 saturated heterocycles. The van der Waals surface area contributed by atoms with Crippen molar-refractivity contribution in [2.24, 2.45) is 5.73 Å². The molecule has 2 aromatic rings. The standard InChI is InChI=1S/C16H18BrN5O2.C7H16N2O/c17-12-2-3-14-13(10-12)15(23)22(16(20-14)19-11-18)5-1-4-21-6-8-24-9-7-21;8-2-1-3-9-4-6-10-7-5-9/h2-3,10H,1,4-9H2,(H,19,20);1-8H2. The number of fused-ring (bicyclic) bond motifs is 1. The van der Waals surface area contributed by atoms with E-state index in [1.807, 2.05) is 12.3 Å². The predicted octanol–water partition coefficient (Wildman–Crippen LogP) is 1.44. The minimum absolute atomic E-state index is 0.138. The number of nitrogens with two attached hydrogens (primary N) is 1. The van der Waals surface area contributed by atoms with E-state index >= 15 is 0 Å². The van der Waals surface area contributed by atoms with Crippen LogP contribution in [-0.4, -0.2) is 91.6 Å². The van der Waals surface area contributed by atoms with Crippen LogP contribution in [0.15, 0.2) is 27.5 Å². The second-order valence-electron chi connectivity index (χ2n) is 8.19. The number of nitriles is 1. The fourth-order valence-corrected chi connectivity index (χ4v) is 4.32. The zero-order chi connectivity index (χ0) is 24.2. The Balaban J connectivity index is 0.000000271. The lowest BCUT2D eigenvalue weighted by molar-refractivity contribution is 0.0369. The molecule has 0 saturated carbocycles. The van der Waals surface area contributed by atoms with E-state index in [1.54, 1.807) is 16.7 Å². The summed E-state index contributed by atoms with van der Waals surface area (Å²) < 4.78 is 12.9. The van der Waals surface area contributed by atoms with Crippen molar-refractivity contribution in [3.8, 4) is 6.19 Å². The normalized spacial score (nSPS) is 17.1. The number of aromatic nitrogens is 2. The van der Waals surface area contributed by atoms with Crippen LogP contribution in [-0.2, 0) is 16.0 Å². The third-order valence-electron chi connectivity index (χ3n) is 5.83. The molecule has 0 atom stereocenters. The van der Waals surface area contributed by atoms with Gasteiger partial charge < -0.3 is 15.2 Å². The highest BCUT2D eigenvalue weighted by Crippen LogP contribution is 2.17. The molecule has 3 heterocycles. The second-order valence-corrected chi connectivity index (χ2v) is 9.11. The highest BCUT2D eigenvalue weighted by Gasteiger charge is 2.13. The summed E-state index contributed by atoms with van der Waals surface area (Å²) in [6.07, 6.45) is 3.78. The molecular weight excluding hydrogens is 502 g/mol. The monoisotopic (exact) mass is 535 g/mol. The first kappa shape index (κ1) is 26.5. The Morgan fingerprint density at radius 3 is 2.24 bits per heavy atom. The van der Waals surface area contributed by atoms with Gasteiger partial charge in [-0.1, -0.05) is 15.9 Å². The Hall–Kier alpha value is -2.07. The van der Waals surface area contributed by atoms with E-state index in [-0.39, 0.29) is 5.56 Å². The Morgan fingerprint density at radius 2 is 1.65 bits per heavy atom. The van der Waals surface area contributed by atoms with Crippen LogP contribution in [0.25, 0.3) is 10.9 Å². The van der Waals surface area contributed by atoms with Crippen LogP contribution in [0.4, 0.5) is 5.95 Å². The maximum absolute atomic E-state index is 12.8. The predicted molar refractivity (Wildman–Crippen MR) is 136 cm³/mol. The molecular formula is C23H34BrN7O3. The Kier molecular flexibility index (Phi) is 11.2. The van der Waals surface area contributed by atoms with Gasteiger partial charge in [-0.3, -0.25) is 24.5 Å². The van der Waals surface area contributed by atoms with Crippen LogP contribution in [0.1, 0.15) is 12.8 Å².